The van der Waals surface area contributed by atoms with E-state index in [-0.39, 0.29) is 17.4 Å². The van der Waals surface area contributed by atoms with Crippen LogP contribution in [0.5, 0.6) is 5.75 Å². The lowest BCUT2D eigenvalue weighted by Gasteiger charge is -2.22. The number of hydrogen-bond acceptors (Lipinski definition) is 3. The molecule has 0 aliphatic rings. The lowest BCUT2D eigenvalue weighted by Crippen LogP contribution is -2.42. The molecule has 1 rings (SSSR count). The molecule has 1 amide bonds. The van der Waals surface area contributed by atoms with Crippen LogP contribution in [0.3, 0.4) is 0 Å². The average Bonchev–Trinajstić information content (AvgIpc) is 2.13. The smallest absolute Gasteiger partial charge is 0.407 e. The molecule has 1 unspecified atom stereocenters. The third kappa shape index (κ3) is 5.57. The second-order valence-corrected chi connectivity index (χ2v) is 5.46. The van der Waals surface area contributed by atoms with Gasteiger partial charge in [-0.3, -0.25) is 0 Å². The number of alkyl carbamates (subject to hydrolysis) is 1. The van der Waals surface area contributed by atoms with Crippen molar-refractivity contribution in [1.82, 2.24) is 5.32 Å². The van der Waals surface area contributed by atoms with Crippen molar-refractivity contribution in [3.05, 3.63) is 29.8 Å². The molecule has 100 valence electrons. The maximum atomic E-state index is 11.5. The van der Waals surface area contributed by atoms with Gasteiger partial charge < -0.3 is 15.2 Å². The molecular formula is C14H21NO3. The van der Waals surface area contributed by atoms with Gasteiger partial charge in [0, 0.05) is 12.0 Å². The van der Waals surface area contributed by atoms with Crippen LogP contribution in [0.4, 0.5) is 4.79 Å². The monoisotopic (exact) mass is 251 g/mol. The highest BCUT2D eigenvalue weighted by Gasteiger charge is 2.17. The molecule has 0 aliphatic carbocycles. The lowest BCUT2D eigenvalue weighted by molar-refractivity contribution is 0.100. The molecular weight excluding hydrogens is 230 g/mol. The number of ether oxygens (including phenoxy) is 1. The van der Waals surface area contributed by atoms with Crippen LogP contribution in [-0.4, -0.2) is 22.8 Å². The van der Waals surface area contributed by atoms with Gasteiger partial charge in [-0.1, -0.05) is 12.1 Å². The van der Waals surface area contributed by atoms with Crippen molar-refractivity contribution in [2.24, 2.45) is 0 Å². The first kappa shape index (κ1) is 14.4. The summed E-state index contributed by atoms with van der Waals surface area (Å²) in [7, 11) is 0. The van der Waals surface area contributed by atoms with Crippen LogP contribution in [0, 0.1) is 0 Å². The first-order valence-electron chi connectivity index (χ1n) is 6.03. The quantitative estimate of drug-likeness (QED) is 0.868. The van der Waals surface area contributed by atoms with Crippen LogP contribution in [0.2, 0.25) is 0 Å². The van der Waals surface area contributed by atoms with Gasteiger partial charge in [0.25, 0.3) is 0 Å². The lowest BCUT2D eigenvalue weighted by atomic mass is 10.1. The summed E-state index contributed by atoms with van der Waals surface area (Å²) >= 11 is 0. The molecule has 1 aromatic rings. The van der Waals surface area contributed by atoms with Crippen LogP contribution in [0.15, 0.2) is 24.3 Å². The topological polar surface area (TPSA) is 58.6 Å². The summed E-state index contributed by atoms with van der Waals surface area (Å²) in [5, 5.41) is 12.1. The molecule has 1 aromatic carbocycles. The Morgan fingerprint density at radius 2 is 2.11 bits per heavy atom. The molecule has 18 heavy (non-hydrogen) atoms. The number of phenols is 1. The fourth-order valence-corrected chi connectivity index (χ4v) is 1.58. The predicted molar refractivity (Wildman–Crippen MR) is 70.6 cm³/mol. The van der Waals surface area contributed by atoms with E-state index in [1.807, 2.05) is 33.8 Å². The Balaban J connectivity index is 2.47. The van der Waals surface area contributed by atoms with E-state index in [2.05, 4.69) is 5.32 Å². The predicted octanol–water partition coefficient (Wildman–Crippen LogP) is 2.85. The van der Waals surface area contributed by atoms with E-state index in [1.165, 1.54) is 0 Å². The number of amides is 1. The number of aromatic hydroxyl groups is 1. The third-order valence-electron chi connectivity index (χ3n) is 2.22. The molecule has 0 aromatic heterocycles. The number of rotatable bonds is 3. The maximum Gasteiger partial charge on any atom is 0.407 e. The number of phenolic OH excluding ortho intramolecular Hbond substituents is 1. The largest absolute Gasteiger partial charge is 0.508 e. The van der Waals surface area contributed by atoms with Gasteiger partial charge in [0.05, 0.1) is 0 Å². The second kappa shape index (κ2) is 5.76. The third-order valence-corrected chi connectivity index (χ3v) is 2.22. The van der Waals surface area contributed by atoms with E-state index in [0.717, 1.165) is 5.56 Å². The van der Waals surface area contributed by atoms with Crippen molar-refractivity contribution >= 4 is 6.09 Å². The molecule has 4 nitrogen and oxygen atoms in total. The zero-order valence-electron chi connectivity index (χ0n) is 11.4. The Bertz CT molecular complexity index is 410. The molecule has 1 atom stereocenters. The summed E-state index contributed by atoms with van der Waals surface area (Å²) in [6, 6.07) is 6.94. The number of carbonyl (C=O) groups excluding carboxylic acids is 1. The van der Waals surface area contributed by atoms with E-state index < -0.39 is 6.09 Å². The molecule has 0 saturated heterocycles. The summed E-state index contributed by atoms with van der Waals surface area (Å²) in [5.41, 5.74) is 0.632. The van der Waals surface area contributed by atoms with Crippen LogP contribution in [0.1, 0.15) is 33.3 Å². The minimum atomic E-state index is -0.421. The highest BCUT2D eigenvalue weighted by atomic mass is 16.6. The summed E-state index contributed by atoms with van der Waals surface area (Å²) in [5.74, 6) is 0.221. The van der Waals surface area contributed by atoms with Crippen molar-refractivity contribution in [2.75, 3.05) is 0 Å². The van der Waals surface area contributed by atoms with Crippen molar-refractivity contribution in [2.45, 2.75) is 45.8 Å². The number of hydrogen-bond donors (Lipinski definition) is 2. The summed E-state index contributed by atoms with van der Waals surface area (Å²) in [6.07, 6.45) is -0.0873. The minimum Gasteiger partial charge on any atom is -0.508 e. The Kier molecular flexibility index (Phi) is 4.59. The van der Waals surface area contributed by atoms with Gasteiger partial charge in [0.15, 0.2) is 0 Å². The average molecular weight is 251 g/mol. The number of carbonyl (C=O) groups is 1. The molecule has 2 N–H and O–H groups in total. The van der Waals surface area contributed by atoms with Crippen molar-refractivity contribution < 1.29 is 14.6 Å². The van der Waals surface area contributed by atoms with E-state index in [4.69, 9.17) is 4.74 Å². The first-order chi connectivity index (χ1) is 8.26. The molecule has 0 radical (unpaired) electrons. The Labute approximate surface area is 108 Å². The zero-order valence-corrected chi connectivity index (χ0v) is 11.4. The van der Waals surface area contributed by atoms with Crippen LogP contribution < -0.4 is 5.32 Å². The van der Waals surface area contributed by atoms with Crippen LogP contribution >= 0.6 is 0 Å². The van der Waals surface area contributed by atoms with E-state index in [9.17, 15) is 9.90 Å². The van der Waals surface area contributed by atoms with Gasteiger partial charge in [-0.25, -0.2) is 4.79 Å². The first-order valence-corrected chi connectivity index (χ1v) is 6.03. The summed E-state index contributed by atoms with van der Waals surface area (Å²) in [4.78, 5) is 11.5. The molecule has 0 bridgehead atoms. The zero-order chi connectivity index (χ0) is 13.8. The number of benzene rings is 1. The minimum absolute atomic E-state index is 0.221. The van der Waals surface area contributed by atoms with Gasteiger partial charge in [0.2, 0.25) is 0 Å². The summed E-state index contributed by atoms with van der Waals surface area (Å²) < 4.78 is 5.24. The fraction of sp³-hybridized carbons (Fsp3) is 0.500. The van der Waals surface area contributed by atoms with Crippen LogP contribution in [0.25, 0.3) is 0 Å². The Morgan fingerprint density at radius 1 is 1.44 bits per heavy atom. The molecule has 4 heteroatoms. The number of nitrogens with one attached hydrogen (secondary N) is 1. The van der Waals surface area contributed by atoms with E-state index in [0.29, 0.717) is 6.42 Å². The molecule has 0 aliphatic heterocycles. The van der Waals surface area contributed by atoms with Gasteiger partial charge in [-0.05, 0) is 45.4 Å². The van der Waals surface area contributed by atoms with Gasteiger partial charge in [0.1, 0.15) is 11.9 Å². The standard InChI is InChI=1S/C14H21NO3/c1-10(18-13(17)15-14(2,3)4)8-11-6-5-7-12(16)9-11/h5-7,9-10,16H,8H2,1-4H3,(H,15,17). The van der Waals surface area contributed by atoms with Crippen molar-refractivity contribution in [3.8, 4) is 5.75 Å². The molecule has 0 spiro atoms. The van der Waals surface area contributed by atoms with Crippen molar-refractivity contribution in [3.63, 3.8) is 0 Å². The van der Waals surface area contributed by atoms with E-state index >= 15 is 0 Å². The summed E-state index contributed by atoms with van der Waals surface area (Å²) in [6.45, 7) is 7.52. The Hall–Kier alpha value is -1.71. The van der Waals surface area contributed by atoms with E-state index in [1.54, 1.807) is 18.2 Å². The van der Waals surface area contributed by atoms with Crippen LogP contribution in [-0.2, 0) is 11.2 Å². The molecule has 0 fully saturated rings. The Morgan fingerprint density at radius 3 is 2.67 bits per heavy atom. The normalized spacial score (nSPS) is 12.9. The van der Waals surface area contributed by atoms with Gasteiger partial charge >= 0.3 is 6.09 Å². The van der Waals surface area contributed by atoms with Gasteiger partial charge in [-0.2, -0.15) is 0 Å². The maximum absolute atomic E-state index is 11.5. The highest BCUT2D eigenvalue weighted by Crippen LogP contribution is 2.13. The SMILES string of the molecule is CC(Cc1cccc(O)c1)OC(=O)NC(C)(C)C. The second-order valence-electron chi connectivity index (χ2n) is 5.46. The van der Waals surface area contributed by atoms with Crippen molar-refractivity contribution in [1.29, 1.82) is 0 Å². The molecule has 0 heterocycles. The fourth-order valence-electron chi connectivity index (χ4n) is 1.58. The highest BCUT2D eigenvalue weighted by molar-refractivity contribution is 5.68. The van der Waals surface area contributed by atoms with Gasteiger partial charge in [-0.15, -0.1) is 0 Å². The molecule has 0 saturated carbocycles.